The molecule has 28 heavy (non-hydrogen) atoms. The largest absolute Gasteiger partial charge is 0.497 e. The zero-order valence-corrected chi connectivity index (χ0v) is 17.0. The quantitative estimate of drug-likeness (QED) is 0.769. The van der Waals surface area contributed by atoms with Crippen LogP contribution in [0.15, 0.2) is 59.5 Å². The molecule has 0 aliphatic carbocycles. The summed E-state index contributed by atoms with van der Waals surface area (Å²) in [7, 11) is -1.87. The summed E-state index contributed by atoms with van der Waals surface area (Å²) in [5.74, 6) is 0.660. The lowest BCUT2D eigenvalue weighted by atomic mass is 10.2. The van der Waals surface area contributed by atoms with E-state index in [1.165, 1.54) is 5.69 Å². The molecule has 0 spiro atoms. The van der Waals surface area contributed by atoms with Crippen LogP contribution >= 0.6 is 0 Å². The van der Waals surface area contributed by atoms with Crippen molar-refractivity contribution in [2.45, 2.75) is 17.4 Å². The molecule has 2 saturated heterocycles. The Labute approximate surface area is 167 Å². The third-order valence-electron chi connectivity index (χ3n) is 5.77. The van der Waals surface area contributed by atoms with E-state index in [1.54, 1.807) is 35.7 Å². The second kappa shape index (κ2) is 8.11. The molecule has 7 heteroatoms. The average Bonchev–Trinajstić information content (AvgIpc) is 3.25. The van der Waals surface area contributed by atoms with Gasteiger partial charge < -0.3 is 9.64 Å². The van der Waals surface area contributed by atoms with Crippen LogP contribution in [0, 0.1) is 0 Å². The third kappa shape index (κ3) is 3.87. The fraction of sp³-hybridized carbons (Fsp3) is 0.429. The maximum atomic E-state index is 12.9. The maximum Gasteiger partial charge on any atom is 0.243 e. The molecule has 0 radical (unpaired) electrons. The second-order valence-electron chi connectivity index (χ2n) is 7.34. The highest BCUT2D eigenvalue weighted by Gasteiger charge is 2.33. The van der Waals surface area contributed by atoms with Gasteiger partial charge in [-0.3, -0.25) is 4.90 Å². The number of hydrogen-bond acceptors (Lipinski definition) is 5. The van der Waals surface area contributed by atoms with Crippen molar-refractivity contribution in [3.05, 3.63) is 54.6 Å². The van der Waals surface area contributed by atoms with Gasteiger partial charge in [0.25, 0.3) is 0 Å². The molecule has 2 aromatic carbocycles. The minimum absolute atomic E-state index is 0.331. The summed E-state index contributed by atoms with van der Waals surface area (Å²) in [6.45, 7) is 4.70. The summed E-state index contributed by atoms with van der Waals surface area (Å²) >= 11 is 0. The first-order valence-electron chi connectivity index (χ1n) is 9.76. The molecule has 2 aromatic rings. The number of benzene rings is 2. The minimum atomic E-state index is -3.45. The summed E-state index contributed by atoms with van der Waals surface area (Å²) in [6, 6.07) is 17.6. The van der Waals surface area contributed by atoms with Crippen molar-refractivity contribution in [2.75, 3.05) is 51.3 Å². The molecule has 0 saturated carbocycles. The molecule has 4 rings (SSSR count). The van der Waals surface area contributed by atoms with E-state index in [1.807, 2.05) is 6.07 Å². The van der Waals surface area contributed by atoms with Crippen molar-refractivity contribution >= 4 is 15.7 Å². The lowest BCUT2D eigenvalue weighted by molar-refractivity contribution is 0.146. The van der Waals surface area contributed by atoms with Crippen molar-refractivity contribution < 1.29 is 13.2 Å². The normalized spacial score (nSPS) is 21.8. The molecule has 1 unspecified atom stereocenters. The van der Waals surface area contributed by atoms with E-state index in [2.05, 4.69) is 34.1 Å². The van der Waals surface area contributed by atoms with E-state index in [-0.39, 0.29) is 0 Å². The van der Waals surface area contributed by atoms with Gasteiger partial charge in [-0.1, -0.05) is 18.2 Å². The van der Waals surface area contributed by atoms with E-state index in [0.717, 1.165) is 32.6 Å². The number of nitrogens with zero attached hydrogens (tertiary/aromatic N) is 3. The van der Waals surface area contributed by atoms with Crippen LogP contribution in [0.1, 0.15) is 6.42 Å². The van der Waals surface area contributed by atoms with Gasteiger partial charge in [0.05, 0.1) is 12.0 Å². The zero-order chi connectivity index (χ0) is 19.6. The Bertz CT molecular complexity index is 879. The zero-order valence-electron chi connectivity index (χ0n) is 16.2. The molecule has 2 heterocycles. The number of piperazine rings is 1. The number of para-hydroxylation sites is 1. The van der Waals surface area contributed by atoms with Gasteiger partial charge in [0.2, 0.25) is 10.0 Å². The molecule has 1 atom stereocenters. The van der Waals surface area contributed by atoms with E-state index >= 15 is 0 Å². The first-order valence-corrected chi connectivity index (χ1v) is 11.2. The van der Waals surface area contributed by atoms with E-state index in [9.17, 15) is 8.42 Å². The van der Waals surface area contributed by atoms with E-state index < -0.39 is 10.0 Å². The van der Waals surface area contributed by atoms with Crippen molar-refractivity contribution in [3.8, 4) is 5.75 Å². The Morgan fingerprint density at radius 2 is 1.57 bits per heavy atom. The fourth-order valence-electron chi connectivity index (χ4n) is 4.12. The van der Waals surface area contributed by atoms with Crippen LogP contribution in [0.5, 0.6) is 5.75 Å². The topological polar surface area (TPSA) is 53.1 Å². The molecule has 0 bridgehead atoms. The van der Waals surface area contributed by atoms with Crippen LogP contribution in [0.25, 0.3) is 0 Å². The lowest BCUT2D eigenvalue weighted by Gasteiger charge is -2.37. The molecule has 150 valence electrons. The SMILES string of the molecule is COc1ccc(S(=O)(=O)N2CCN(C3CCN(c4ccccc4)C3)CC2)cc1. The first-order chi connectivity index (χ1) is 13.6. The lowest BCUT2D eigenvalue weighted by Crippen LogP contribution is -2.52. The Kier molecular flexibility index (Phi) is 5.57. The van der Waals surface area contributed by atoms with Gasteiger partial charge in [-0.15, -0.1) is 0 Å². The molecule has 0 amide bonds. The summed E-state index contributed by atoms with van der Waals surface area (Å²) in [5.41, 5.74) is 1.27. The highest BCUT2D eigenvalue weighted by atomic mass is 32.2. The van der Waals surface area contributed by atoms with Gasteiger partial charge in [-0.2, -0.15) is 4.31 Å². The monoisotopic (exact) mass is 401 g/mol. The Morgan fingerprint density at radius 3 is 2.21 bits per heavy atom. The number of rotatable bonds is 5. The molecular weight excluding hydrogens is 374 g/mol. The maximum absolute atomic E-state index is 12.9. The molecular formula is C21H27N3O3S. The number of ether oxygens (including phenoxy) is 1. The van der Waals surface area contributed by atoms with Crippen LogP contribution < -0.4 is 9.64 Å². The van der Waals surface area contributed by atoms with E-state index in [4.69, 9.17) is 4.74 Å². The van der Waals surface area contributed by atoms with Gasteiger partial charge in [0, 0.05) is 51.0 Å². The number of methoxy groups -OCH3 is 1. The number of anilines is 1. The van der Waals surface area contributed by atoms with Crippen LogP contribution in [0.3, 0.4) is 0 Å². The van der Waals surface area contributed by atoms with Gasteiger partial charge in [-0.05, 0) is 42.8 Å². The average molecular weight is 402 g/mol. The van der Waals surface area contributed by atoms with Crippen LogP contribution in [-0.2, 0) is 10.0 Å². The first kappa shape index (κ1) is 19.2. The number of hydrogen-bond donors (Lipinski definition) is 0. The van der Waals surface area contributed by atoms with Gasteiger partial charge in [-0.25, -0.2) is 8.42 Å². The van der Waals surface area contributed by atoms with Crippen LogP contribution in [0.2, 0.25) is 0 Å². The molecule has 0 N–H and O–H groups in total. The molecule has 6 nitrogen and oxygen atoms in total. The minimum Gasteiger partial charge on any atom is -0.497 e. The van der Waals surface area contributed by atoms with E-state index in [0.29, 0.717) is 29.8 Å². The smallest absolute Gasteiger partial charge is 0.243 e. The van der Waals surface area contributed by atoms with Crippen LogP contribution in [0.4, 0.5) is 5.69 Å². The standard InChI is InChI=1S/C21H27N3O3S/c1-27-20-7-9-21(10-8-20)28(25,26)24-15-13-22(14-16-24)19-11-12-23(17-19)18-5-3-2-4-6-18/h2-10,19H,11-17H2,1H3. The van der Waals surface area contributed by atoms with Crippen molar-refractivity contribution in [1.82, 2.24) is 9.21 Å². The van der Waals surface area contributed by atoms with Gasteiger partial charge in [0.1, 0.15) is 5.75 Å². The Morgan fingerprint density at radius 1 is 0.893 bits per heavy atom. The molecule has 2 aliphatic rings. The van der Waals surface area contributed by atoms with Gasteiger partial charge in [0.15, 0.2) is 0 Å². The van der Waals surface area contributed by atoms with Crippen LogP contribution in [-0.4, -0.2) is 70.0 Å². The summed E-state index contributed by atoms with van der Waals surface area (Å²) in [5, 5.41) is 0. The molecule has 0 aromatic heterocycles. The van der Waals surface area contributed by atoms with Gasteiger partial charge >= 0.3 is 0 Å². The predicted octanol–water partition coefficient (Wildman–Crippen LogP) is 2.28. The van der Waals surface area contributed by atoms with Crippen molar-refractivity contribution in [1.29, 1.82) is 0 Å². The van der Waals surface area contributed by atoms with Crippen molar-refractivity contribution in [3.63, 3.8) is 0 Å². The fourth-order valence-corrected chi connectivity index (χ4v) is 5.54. The number of sulfonamides is 1. The third-order valence-corrected chi connectivity index (χ3v) is 7.68. The summed E-state index contributed by atoms with van der Waals surface area (Å²) in [6.07, 6.45) is 1.13. The highest BCUT2D eigenvalue weighted by Crippen LogP contribution is 2.25. The molecule has 2 aliphatic heterocycles. The molecule has 2 fully saturated rings. The summed E-state index contributed by atoms with van der Waals surface area (Å²) < 4.78 is 32.5. The Hall–Kier alpha value is -2.09. The summed E-state index contributed by atoms with van der Waals surface area (Å²) in [4.78, 5) is 5.20. The predicted molar refractivity (Wildman–Crippen MR) is 110 cm³/mol. The Balaban J connectivity index is 1.35. The highest BCUT2D eigenvalue weighted by molar-refractivity contribution is 7.89. The second-order valence-corrected chi connectivity index (χ2v) is 9.28. The van der Waals surface area contributed by atoms with Crippen molar-refractivity contribution in [2.24, 2.45) is 0 Å².